The standard InChI is InChI=1S/C21H27N3O2/c1-15-8-18(9-16(2)23-15)10-17-4-3-5-24(13-17)14-19-11-20-21(22-12-19)26-7-6-25-20/h8-9,11-12,17H,3-7,10,13-14H2,1-2H3/t17-/m1/s1. The molecule has 0 amide bonds. The summed E-state index contributed by atoms with van der Waals surface area (Å²) >= 11 is 0. The molecule has 0 bridgehead atoms. The van der Waals surface area contributed by atoms with Gasteiger partial charge in [-0.05, 0) is 74.9 Å². The van der Waals surface area contributed by atoms with Crippen molar-refractivity contribution in [1.82, 2.24) is 14.9 Å². The normalized spacial score (nSPS) is 20.2. The minimum atomic E-state index is 0.584. The molecule has 0 saturated carbocycles. The summed E-state index contributed by atoms with van der Waals surface area (Å²) in [5.74, 6) is 2.11. The van der Waals surface area contributed by atoms with Gasteiger partial charge in [0.25, 0.3) is 5.88 Å². The van der Waals surface area contributed by atoms with Gasteiger partial charge < -0.3 is 9.47 Å². The number of hydrogen-bond acceptors (Lipinski definition) is 5. The molecule has 1 atom stereocenters. The summed E-state index contributed by atoms with van der Waals surface area (Å²) in [6, 6.07) is 6.55. The highest BCUT2D eigenvalue weighted by atomic mass is 16.6. The molecule has 4 rings (SSSR count). The smallest absolute Gasteiger partial charge is 0.257 e. The molecule has 2 aliphatic heterocycles. The van der Waals surface area contributed by atoms with E-state index in [1.165, 1.54) is 24.0 Å². The predicted molar refractivity (Wildman–Crippen MR) is 101 cm³/mol. The van der Waals surface area contributed by atoms with Crippen LogP contribution < -0.4 is 9.47 Å². The van der Waals surface area contributed by atoms with Gasteiger partial charge in [0, 0.05) is 30.7 Å². The Hall–Kier alpha value is -2.14. The minimum absolute atomic E-state index is 0.584. The largest absolute Gasteiger partial charge is 0.484 e. The number of ether oxygens (including phenoxy) is 2. The molecule has 1 fully saturated rings. The second kappa shape index (κ2) is 7.62. The molecule has 0 aromatic carbocycles. The molecule has 2 aromatic rings. The van der Waals surface area contributed by atoms with Crippen molar-refractivity contribution in [2.75, 3.05) is 26.3 Å². The lowest BCUT2D eigenvalue weighted by Crippen LogP contribution is -2.35. The summed E-state index contributed by atoms with van der Waals surface area (Å²) < 4.78 is 11.2. The van der Waals surface area contributed by atoms with Crippen molar-refractivity contribution >= 4 is 0 Å². The SMILES string of the molecule is Cc1cc(C[C@H]2CCCN(Cc3cnc4c(c3)OCCO4)C2)cc(C)n1. The summed E-state index contributed by atoms with van der Waals surface area (Å²) in [4.78, 5) is 11.4. The molecule has 2 aliphatic rings. The highest BCUT2D eigenvalue weighted by molar-refractivity contribution is 5.37. The molecular formula is C21H27N3O2. The van der Waals surface area contributed by atoms with Gasteiger partial charge >= 0.3 is 0 Å². The van der Waals surface area contributed by atoms with Gasteiger partial charge in [-0.2, -0.15) is 0 Å². The lowest BCUT2D eigenvalue weighted by Gasteiger charge is -2.33. The summed E-state index contributed by atoms with van der Waals surface area (Å²) in [6.45, 7) is 8.57. The van der Waals surface area contributed by atoms with Crippen molar-refractivity contribution in [2.45, 2.75) is 39.7 Å². The van der Waals surface area contributed by atoms with Crippen molar-refractivity contribution in [2.24, 2.45) is 5.92 Å². The lowest BCUT2D eigenvalue weighted by molar-refractivity contribution is 0.158. The molecule has 4 heterocycles. The van der Waals surface area contributed by atoms with Crippen molar-refractivity contribution in [3.05, 3.63) is 46.9 Å². The Morgan fingerprint density at radius 1 is 1.08 bits per heavy atom. The zero-order valence-corrected chi connectivity index (χ0v) is 15.7. The zero-order valence-electron chi connectivity index (χ0n) is 15.7. The fourth-order valence-electron chi connectivity index (χ4n) is 4.15. The van der Waals surface area contributed by atoms with Crippen molar-refractivity contribution in [3.63, 3.8) is 0 Å². The van der Waals surface area contributed by atoms with Crippen LogP contribution in [-0.2, 0) is 13.0 Å². The van der Waals surface area contributed by atoms with Crippen LogP contribution in [0.25, 0.3) is 0 Å². The van der Waals surface area contributed by atoms with Crippen LogP contribution >= 0.6 is 0 Å². The molecular weight excluding hydrogens is 326 g/mol. The third-order valence-electron chi connectivity index (χ3n) is 5.13. The number of rotatable bonds is 4. The van der Waals surface area contributed by atoms with E-state index in [1.54, 1.807) is 0 Å². The van der Waals surface area contributed by atoms with E-state index < -0.39 is 0 Å². The molecule has 5 heteroatoms. The first kappa shape index (κ1) is 17.3. The Bertz CT molecular complexity index is 758. The lowest BCUT2D eigenvalue weighted by atomic mass is 9.91. The third-order valence-corrected chi connectivity index (χ3v) is 5.13. The quantitative estimate of drug-likeness (QED) is 0.844. The Morgan fingerprint density at radius 3 is 2.73 bits per heavy atom. The second-order valence-electron chi connectivity index (χ2n) is 7.55. The summed E-state index contributed by atoms with van der Waals surface area (Å²) in [5.41, 5.74) is 4.86. The Balaban J connectivity index is 1.39. The summed E-state index contributed by atoms with van der Waals surface area (Å²) in [6.07, 6.45) is 5.62. The van der Waals surface area contributed by atoms with Crippen molar-refractivity contribution < 1.29 is 9.47 Å². The highest BCUT2D eigenvalue weighted by Gasteiger charge is 2.21. The summed E-state index contributed by atoms with van der Waals surface area (Å²) in [5, 5.41) is 0. The van der Waals surface area contributed by atoms with Gasteiger partial charge in [0.05, 0.1) is 0 Å². The maximum atomic E-state index is 5.66. The van der Waals surface area contributed by atoms with E-state index >= 15 is 0 Å². The van der Waals surface area contributed by atoms with E-state index in [9.17, 15) is 0 Å². The average Bonchev–Trinajstić information content (AvgIpc) is 2.61. The second-order valence-corrected chi connectivity index (χ2v) is 7.55. The number of likely N-dealkylation sites (tertiary alicyclic amines) is 1. The molecule has 0 spiro atoms. The molecule has 26 heavy (non-hydrogen) atoms. The van der Waals surface area contributed by atoms with E-state index in [4.69, 9.17) is 9.47 Å². The van der Waals surface area contributed by atoms with Gasteiger partial charge in [-0.15, -0.1) is 0 Å². The first-order valence-electron chi connectivity index (χ1n) is 9.57. The molecule has 0 aliphatic carbocycles. The van der Waals surface area contributed by atoms with E-state index in [-0.39, 0.29) is 0 Å². The number of piperidine rings is 1. The number of aromatic nitrogens is 2. The maximum Gasteiger partial charge on any atom is 0.257 e. The number of pyridine rings is 2. The van der Waals surface area contributed by atoms with Gasteiger partial charge in [-0.1, -0.05) is 0 Å². The Labute approximate surface area is 155 Å². The van der Waals surface area contributed by atoms with Crippen LogP contribution in [0.3, 0.4) is 0 Å². The average molecular weight is 353 g/mol. The molecule has 5 nitrogen and oxygen atoms in total. The van der Waals surface area contributed by atoms with Crippen molar-refractivity contribution in [3.8, 4) is 11.6 Å². The van der Waals surface area contributed by atoms with Gasteiger partial charge in [-0.25, -0.2) is 4.98 Å². The number of aryl methyl sites for hydroxylation is 2. The Morgan fingerprint density at radius 2 is 1.88 bits per heavy atom. The molecule has 0 unspecified atom stereocenters. The van der Waals surface area contributed by atoms with Gasteiger partial charge in [0.15, 0.2) is 5.75 Å². The van der Waals surface area contributed by atoms with Crippen LogP contribution in [0.2, 0.25) is 0 Å². The molecule has 138 valence electrons. The minimum Gasteiger partial charge on any atom is -0.484 e. The van der Waals surface area contributed by atoms with E-state index in [0.29, 0.717) is 25.0 Å². The monoisotopic (exact) mass is 353 g/mol. The topological polar surface area (TPSA) is 47.5 Å². The molecule has 0 N–H and O–H groups in total. The van der Waals surface area contributed by atoms with Gasteiger partial charge in [0.1, 0.15) is 13.2 Å². The van der Waals surface area contributed by atoms with Crippen LogP contribution in [0.4, 0.5) is 0 Å². The number of fused-ring (bicyclic) bond motifs is 1. The van der Waals surface area contributed by atoms with Gasteiger partial charge in [0.2, 0.25) is 0 Å². The maximum absolute atomic E-state index is 5.66. The van der Waals surface area contributed by atoms with Crippen LogP contribution in [-0.4, -0.2) is 41.2 Å². The number of hydrogen-bond donors (Lipinski definition) is 0. The van der Waals surface area contributed by atoms with E-state index in [0.717, 1.165) is 43.2 Å². The van der Waals surface area contributed by atoms with Crippen LogP contribution in [0.15, 0.2) is 24.4 Å². The fourth-order valence-corrected chi connectivity index (χ4v) is 4.15. The van der Waals surface area contributed by atoms with E-state index in [2.05, 4.69) is 46.9 Å². The fraction of sp³-hybridized carbons (Fsp3) is 0.524. The van der Waals surface area contributed by atoms with E-state index in [1.807, 2.05) is 6.20 Å². The molecule has 0 radical (unpaired) electrons. The molecule has 2 aromatic heterocycles. The van der Waals surface area contributed by atoms with Crippen molar-refractivity contribution in [1.29, 1.82) is 0 Å². The highest BCUT2D eigenvalue weighted by Crippen LogP contribution is 2.29. The zero-order chi connectivity index (χ0) is 17.9. The third kappa shape index (κ3) is 4.15. The van der Waals surface area contributed by atoms with Crippen LogP contribution in [0.5, 0.6) is 11.6 Å². The first-order chi connectivity index (χ1) is 12.7. The molecule has 1 saturated heterocycles. The van der Waals surface area contributed by atoms with Crippen LogP contribution in [0.1, 0.15) is 35.4 Å². The Kier molecular flexibility index (Phi) is 5.07. The van der Waals surface area contributed by atoms with Crippen LogP contribution in [0, 0.1) is 19.8 Å². The summed E-state index contributed by atoms with van der Waals surface area (Å²) in [7, 11) is 0. The first-order valence-corrected chi connectivity index (χ1v) is 9.57. The van der Waals surface area contributed by atoms with Gasteiger partial charge in [-0.3, -0.25) is 9.88 Å². The predicted octanol–water partition coefficient (Wildman–Crippen LogP) is 3.32. The number of nitrogens with zero attached hydrogens (tertiary/aromatic N) is 3.